The van der Waals surface area contributed by atoms with Gasteiger partial charge in [-0.05, 0) is 38.6 Å². The van der Waals surface area contributed by atoms with Gasteiger partial charge in [-0.2, -0.15) is 0 Å². The summed E-state index contributed by atoms with van der Waals surface area (Å²) >= 11 is 0. The second kappa shape index (κ2) is 3.97. The molecule has 2 aliphatic rings. The summed E-state index contributed by atoms with van der Waals surface area (Å²) in [4.78, 5) is 2.39. The van der Waals surface area contributed by atoms with Gasteiger partial charge in [0.25, 0.3) is 0 Å². The zero-order chi connectivity index (χ0) is 9.26. The van der Waals surface area contributed by atoms with Crippen LogP contribution in [-0.2, 0) is 0 Å². The SMILES string of the molecule is CN(CC1CC1)[C@@H]1CCCC[C@H]1O. The van der Waals surface area contributed by atoms with E-state index in [4.69, 9.17) is 0 Å². The molecule has 2 heteroatoms. The van der Waals surface area contributed by atoms with Crippen molar-refractivity contribution in [3.05, 3.63) is 0 Å². The molecule has 2 saturated carbocycles. The van der Waals surface area contributed by atoms with E-state index in [0.717, 1.165) is 12.3 Å². The normalized spacial score (nSPS) is 35.3. The first-order chi connectivity index (χ1) is 6.27. The maximum absolute atomic E-state index is 9.83. The van der Waals surface area contributed by atoms with E-state index in [-0.39, 0.29) is 6.10 Å². The number of aliphatic hydroxyl groups excluding tert-OH is 1. The van der Waals surface area contributed by atoms with Gasteiger partial charge >= 0.3 is 0 Å². The molecule has 2 atom stereocenters. The van der Waals surface area contributed by atoms with Crippen molar-refractivity contribution in [2.75, 3.05) is 13.6 Å². The summed E-state index contributed by atoms with van der Waals surface area (Å²) in [5.74, 6) is 0.944. The molecule has 13 heavy (non-hydrogen) atoms. The Morgan fingerprint density at radius 1 is 1.15 bits per heavy atom. The van der Waals surface area contributed by atoms with Crippen LogP contribution in [0.3, 0.4) is 0 Å². The van der Waals surface area contributed by atoms with Crippen molar-refractivity contribution < 1.29 is 5.11 Å². The van der Waals surface area contributed by atoms with Crippen LogP contribution in [0.4, 0.5) is 0 Å². The molecule has 0 spiro atoms. The van der Waals surface area contributed by atoms with E-state index >= 15 is 0 Å². The Balaban J connectivity index is 1.81. The van der Waals surface area contributed by atoms with Gasteiger partial charge in [0.15, 0.2) is 0 Å². The molecule has 0 radical (unpaired) electrons. The first kappa shape index (κ1) is 9.47. The highest BCUT2D eigenvalue weighted by atomic mass is 16.3. The Kier molecular flexibility index (Phi) is 2.89. The number of hydrogen-bond acceptors (Lipinski definition) is 2. The van der Waals surface area contributed by atoms with E-state index in [2.05, 4.69) is 11.9 Å². The molecule has 2 rings (SSSR count). The van der Waals surface area contributed by atoms with E-state index in [0.29, 0.717) is 6.04 Å². The molecule has 0 aromatic rings. The van der Waals surface area contributed by atoms with E-state index in [1.54, 1.807) is 0 Å². The quantitative estimate of drug-likeness (QED) is 0.719. The van der Waals surface area contributed by atoms with Gasteiger partial charge in [-0.15, -0.1) is 0 Å². The number of likely N-dealkylation sites (N-methyl/N-ethyl adjacent to an activating group) is 1. The van der Waals surface area contributed by atoms with Gasteiger partial charge < -0.3 is 10.0 Å². The molecule has 0 saturated heterocycles. The predicted molar refractivity (Wildman–Crippen MR) is 53.6 cm³/mol. The van der Waals surface area contributed by atoms with Gasteiger partial charge in [0.2, 0.25) is 0 Å². The molecule has 0 bridgehead atoms. The summed E-state index contributed by atoms with van der Waals surface area (Å²) in [6, 6.07) is 0.453. The lowest BCUT2D eigenvalue weighted by Crippen LogP contribution is -2.44. The van der Waals surface area contributed by atoms with Crippen molar-refractivity contribution in [3.63, 3.8) is 0 Å². The van der Waals surface area contributed by atoms with Crippen LogP contribution >= 0.6 is 0 Å². The zero-order valence-corrected chi connectivity index (χ0v) is 8.58. The second-order valence-electron chi connectivity index (χ2n) is 4.80. The summed E-state index contributed by atoms with van der Waals surface area (Å²) in [5.41, 5.74) is 0. The summed E-state index contributed by atoms with van der Waals surface area (Å²) < 4.78 is 0. The topological polar surface area (TPSA) is 23.5 Å². The molecular weight excluding hydrogens is 162 g/mol. The molecule has 0 heterocycles. The Bertz CT molecular complexity index is 167. The molecule has 2 nitrogen and oxygen atoms in total. The monoisotopic (exact) mass is 183 g/mol. The lowest BCUT2D eigenvalue weighted by atomic mass is 9.91. The minimum absolute atomic E-state index is 0.0579. The first-order valence-corrected chi connectivity index (χ1v) is 5.65. The molecule has 2 aliphatic carbocycles. The standard InChI is InChI=1S/C11H21NO/c1-12(8-9-6-7-9)10-4-2-3-5-11(10)13/h9-11,13H,2-8H2,1H3/t10-,11-/m1/s1. The van der Waals surface area contributed by atoms with E-state index in [9.17, 15) is 5.11 Å². The van der Waals surface area contributed by atoms with Crippen LogP contribution in [0, 0.1) is 5.92 Å². The Morgan fingerprint density at radius 3 is 2.46 bits per heavy atom. The third kappa shape index (κ3) is 2.44. The Labute approximate surface area is 80.9 Å². The van der Waals surface area contributed by atoms with Crippen molar-refractivity contribution in [3.8, 4) is 0 Å². The minimum Gasteiger partial charge on any atom is -0.391 e. The van der Waals surface area contributed by atoms with Crippen LogP contribution in [0.2, 0.25) is 0 Å². The lowest BCUT2D eigenvalue weighted by Gasteiger charge is -2.35. The van der Waals surface area contributed by atoms with Gasteiger partial charge in [0, 0.05) is 12.6 Å². The van der Waals surface area contributed by atoms with E-state index < -0.39 is 0 Å². The third-order valence-corrected chi connectivity index (χ3v) is 3.50. The van der Waals surface area contributed by atoms with Gasteiger partial charge in [0.05, 0.1) is 6.10 Å². The molecule has 76 valence electrons. The third-order valence-electron chi connectivity index (χ3n) is 3.50. The maximum atomic E-state index is 9.83. The van der Waals surface area contributed by atoms with Gasteiger partial charge in [-0.25, -0.2) is 0 Å². The summed E-state index contributed by atoms with van der Waals surface area (Å²) in [6.07, 6.45) is 7.49. The van der Waals surface area contributed by atoms with E-state index in [1.165, 1.54) is 38.6 Å². The molecule has 0 aromatic carbocycles. The average molecular weight is 183 g/mol. The van der Waals surface area contributed by atoms with Gasteiger partial charge in [-0.1, -0.05) is 12.8 Å². The van der Waals surface area contributed by atoms with E-state index in [1.807, 2.05) is 0 Å². The van der Waals surface area contributed by atoms with Crippen molar-refractivity contribution in [1.82, 2.24) is 4.90 Å². The van der Waals surface area contributed by atoms with Crippen LogP contribution in [-0.4, -0.2) is 35.7 Å². The summed E-state index contributed by atoms with van der Waals surface area (Å²) in [5, 5.41) is 9.83. The zero-order valence-electron chi connectivity index (χ0n) is 8.58. The molecule has 0 amide bonds. The fraction of sp³-hybridized carbons (Fsp3) is 1.00. The maximum Gasteiger partial charge on any atom is 0.0695 e. The lowest BCUT2D eigenvalue weighted by molar-refractivity contribution is 0.0304. The van der Waals surface area contributed by atoms with Crippen molar-refractivity contribution in [2.24, 2.45) is 5.92 Å². The predicted octanol–water partition coefficient (Wildman–Crippen LogP) is 1.63. The fourth-order valence-electron chi connectivity index (χ4n) is 2.45. The largest absolute Gasteiger partial charge is 0.391 e. The summed E-state index contributed by atoms with van der Waals surface area (Å²) in [7, 11) is 2.18. The molecule has 0 unspecified atom stereocenters. The van der Waals surface area contributed by atoms with Crippen LogP contribution < -0.4 is 0 Å². The highest BCUT2D eigenvalue weighted by Gasteiger charge is 2.30. The molecule has 0 aromatic heterocycles. The van der Waals surface area contributed by atoms with Crippen LogP contribution in [0.1, 0.15) is 38.5 Å². The Morgan fingerprint density at radius 2 is 1.85 bits per heavy atom. The number of nitrogens with zero attached hydrogens (tertiary/aromatic N) is 1. The molecule has 1 N–H and O–H groups in total. The second-order valence-corrected chi connectivity index (χ2v) is 4.80. The Hall–Kier alpha value is -0.0800. The van der Waals surface area contributed by atoms with Crippen molar-refractivity contribution in [2.45, 2.75) is 50.7 Å². The van der Waals surface area contributed by atoms with Crippen molar-refractivity contribution in [1.29, 1.82) is 0 Å². The highest BCUT2D eigenvalue weighted by Crippen LogP contribution is 2.31. The average Bonchev–Trinajstić information content (AvgIpc) is 2.89. The van der Waals surface area contributed by atoms with Crippen LogP contribution in [0.15, 0.2) is 0 Å². The number of aliphatic hydroxyl groups is 1. The number of hydrogen-bond donors (Lipinski definition) is 1. The van der Waals surface area contributed by atoms with Crippen LogP contribution in [0.25, 0.3) is 0 Å². The highest BCUT2D eigenvalue weighted by molar-refractivity contribution is 4.85. The first-order valence-electron chi connectivity index (χ1n) is 5.65. The number of rotatable bonds is 3. The smallest absolute Gasteiger partial charge is 0.0695 e. The van der Waals surface area contributed by atoms with Crippen molar-refractivity contribution >= 4 is 0 Å². The molecule has 2 fully saturated rings. The minimum atomic E-state index is -0.0579. The molecule has 0 aliphatic heterocycles. The van der Waals surface area contributed by atoms with Gasteiger partial charge in [0.1, 0.15) is 0 Å². The van der Waals surface area contributed by atoms with Gasteiger partial charge in [-0.3, -0.25) is 0 Å². The molecular formula is C11H21NO. The fourth-order valence-corrected chi connectivity index (χ4v) is 2.45. The van der Waals surface area contributed by atoms with Crippen LogP contribution in [0.5, 0.6) is 0 Å². The summed E-state index contributed by atoms with van der Waals surface area (Å²) in [6.45, 7) is 1.21.